The van der Waals surface area contributed by atoms with Gasteiger partial charge >= 0.3 is 0 Å². The Balaban J connectivity index is -0.0000000277. The van der Waals surface area contributed by atoms with Gasteiger partial charge < -0.3 is 26.3 Å². The number of hydrogen-bond acceptors (Lipinski definition) is 2. The molecular weight excluding hydrogens is 237 g/mol. The minimum atomic E-state index is 0. The molecule has 0 saturated carbocycles. The molecule has 1 aromatic carbocycles. The van der Waals surface area contributed by atoms with Crippen molar-refractivity contribution in [1.29, 1.82) is 0 Å². The maximum Gasteiger partial charge on any atom is 0 e. The van der Waals surface area contributed by atoms with Crippen LogP contribution >= 0.6 is 0 Å². The molecule has 0 spiro atoms. The van der Waals surface area contributed by atoms with E-state index in [0.29, 0.717) is 0 Å². The van der Waals surface area contributed by atoms with Crippen LogP contribution in [0.3, 0.4) is 0 Å². The molecule has 77 valence electrons. The SMILES string of the molecule is CN.CN.[CH3-].[CH3-].[Y].c1ccccc1. The summed E-state index contributed by atoms with van der Waals surface area (Å²) in [4.78, 5) is 0. The van der Waals surface area contributed by atoms with Crippen LogP contribution in [0.15, 0.2) is 36.4 Å². The summed E-state index contributed by atoms with van der Waals surface area (Å²) in [7, 11) is 3.00. The van der Waals surface area contributed by atoms with Gasteiger partial charge in [-0.3, -0.25) is 0 Å². The molecule has 1 radical (unpaired) electrons. The monoisotopic (exact) mass is 259 g/mol. The second kappa shape index (κ2) is 39.7. The quantitative estimate of drug-likeness (QED) is 0.697. The molecule has 0 aliphatic carbocycles. The van der Waals surface area contributed by atoms with Crippen LogP contribution in [-0.2, 0) is 32.7 Å². The molecule has 0 fully saturated rings. The summed E-state index contributed by atoms with van der Waals surface area (Å²) in [5.74, 6) is 0. The number of rotatable bonds is 0. The third-order valence-corrected chi connectivity index (χ3v) is 0.667. The Morgan fingerprint density at radius 1 is 0.538 bits per heavy atom. The van der Waals surface area contributed by atoms with Gasteiger partial charge in [0.2, 0.25) is 0 Å². The summed E-state index contributed by atoms with van der Waals surface area (Å²) in [5, 5.41) is 0. The molecule has 0 aromatic heterocycles. The molecule has 0 aliphatic rings. The fourth-order valence-electron chi connectivity index (χ4n) is 0.385. The van der Waals surface area contributed by atoms with Gasteiger partial charge in [0.15, 0.2) is 0 Å². The molecule has 3 heteroatoms. The first-order valence-electron chi connectivity index (χ1n) is 3.15. The number of benzene rings is 1. The minimum Gasteiger partial charge on any atom is -0.358 e. The van der Waals surface area contributed by atoms with Crippen molar-refractivity contribution in [3.8, 4) is 0 Å². The van der Waals surface area contributed by atoms with Crippen molar-refractivity contribution in [2.45, 2.75) is 0 Å². The summed E-state index contributed by atoms with van der Waals surface area (Å²) in [5.41, 5.74) is 9.00. The van der Waals surface area contributed by atoms with Gasteiger partial charge in [-0.15, -0.1) is 0 Å². The van der Waals surface area contributed by atoms with Crippen molar-refractivity contribution in [3.05, 3.63) is 51.3 Å². The van der Waals surface area contributed by atoms with Gasteiger partial charge in [-0.25, -0.2) is 0 Å². The van der Waals surface area contributed by atoms with E-state index in [1.807, 2.05) is 36.4 Å². The summed E-state index contributed by atoms with van der Waals surface area (Å²) in [6.07, 6.45) is 0. The molecule has 0 amide bonds. The van der Waals surface area contributed by atoms with Crippen LogP contribution in [0.4, 0.5) is 0 Å². The molecule has 13 heavy (non-hydrogen) atoms. The zero-order valence-corrected chi connectivity index (χ0v) is 12.0. The molecule has 2 nitrogen and oxygen atoms in total. The van der Waals surface area contributed by atoms with E-state index < -0.39 is 0 Å². The molecule has 0 saturated heterocycles. The first-order valence-corrected chi connectivity index (χ1v) is 3.15. The van der Waals surface area contributed by atoms with E-state index in [1.54, 1.807) is 0 Å². The van der Waals surface area contributed by atoms with Crippen molar-refractivity contribution >= 4 is 0 Å². The summed E-state index contributed by atoms with van der Waals surface area (Å²) < 4.78 is 0. The second-order valence-electron chi connectivity index (χ2n) is 1.15. The second-order valence-corrected chi connectivity index (χ2v) is 1.15. The molecule has 0 unspecified atom stereocenters. The zero-order valence-electron chi connectivity index (χ0n) is 9.20. The average Bonchev–Trinajstić information content (AvgIpc) is 2.14. The van der Waals surface area contributed by atoms with Crippen molar-refractivity contribution in [2.24, 2.45) is 11.5 Å². The summed E-state index contributed by atoms with van der Waals surface area (Å²) in [6, 6.07) is 12.0. The van der Waals surface area contributed by atoms with Crippen LogP contribution in [0, 0.1) is 14.9 Å². The molecule has 1 rings (SSSR count). The van der Waals surface area contributed by atoms with Gasteiger partial charge in [-0.1, -0.05) is 36.4 Å². The van der Waals surface area contributed by atoms with Crippen molar-refractivity contribution in [1.82, 2.24) is 0 Å². The van der Waals surface area contributed by atoms with E-state index in [4.69, 9.17) is 0 Å². The summed E-state index contributed by atoms with van der Waals surface area (Å²) >= 11 is 0. The van der Waals surface area contributed by atoms with Crippen molar-refractivity contribution in [2.75, 3.05) is 14.1 Å². The van der Waals surface area contributed by atoms with E-state index in [-0.39, 0.29) is 47.6 Å². The van der Waals surface area contributed by atoms with E-state index in [9.17, 15) is 0 Å². The van der Waals surface area contributed by atoms with Crippen LogP contribution in [0.2, 0.25) is 0 Å². The molecule has 0 atom stereocenters. The first-order chi connectivity index (χ1) is 5.00. The Hall–Kier alpha value is 0.244. The molecule has 1 aromatic rings. The van der Waals surface area contributed by atoms with E-state index in [1.165, 1.54) is 14.1 Å². The smallest absolute Gasteiger partial charge is 0 e. The third kappa shape index (κ3) is 33.0. The van der Waals surface area contributed by atoms with Crippen molar-refractivity contribution in [3.63, 3.8) is 0 Å². The molecule has 0 heterocycles. The van der Waals surface area contributed by atoms with E-state index in [0.717, 1.165) is 0 Å². The fourth-order valence-corrected chi connectivity index (χ4v) is 0.385. The molecule has 0 bridgehead atoms. The Morgan fingerprint density at radius 3 is 0.692 bits per heavy atom. The van der Waals surface area contributed by atoms with Gasteiger partial charge in [-0.05, 0) is 14.1 Å². The predicted molar refractivity (Wildman–Crippen MR) is 59.5 cm³/mol. The van der Waals surface area contributed by atoms with Gasteiger partial charge in [0.25, 0.3) is 0 Å². The van der Waals surface area contributed by atoms with Gasteiger partial charge in [0, 0.05) is 32.7 Å². The Bertz CT molecular complexity index is 84.8. The van der Waals surface area contributed by atoms with E-state index in [2.05, 4.69) is 11.5 Å². The normalized spacial score (nSPS) is 4.62. The third-order valence-electron chi connectivity index (χ3n) is 0.667. The zero-order chi connectivity index (χ0) is 8.24. The van der Waals surface area contributed by atoms with Crippen LogP contribution < -0.4 is 11.5 Å². The average molecular weight is 259 g/mol. The summed E-state index contributed by atoms with van der Waals surface area (Å²) in [6.45, 7) is 0. The van der Waals surface area contributed by atoms with Crippen LogP contribution in [0.1, 0.15) is 0 Å². The standard InChI is InChI=1S/C6H6.2CH5N.2CH3.Y/c1-2-4-6-5-3-1;2*1-2;;;/h1-6H;2*2H2,1H3;2*1H3;/q;;;2*-1;. The van der Waals surface area contributed by atoms with Crippen LogP contribution in [0.5, 0.6) is 0 Å². The minimum absolute atomic E-state index is 0. The largest absolute Gasteiger partial charge is 0.358 e. The Morgan fingerprint density at radius 2 is 0.615 bits per heavy atom. The Kier molecular flexibility index (Phi) is 89.2. The van der Waals surface area contributed by atoms with Crippen molar-refractivity contribution < 1.29 is 32.7 Å². The fraction of sp³-hybridized carbons (Fsp3) is 0.200. The Labute approximate surface area is 109 Å². The number of hydrogen-bond donors (Lipinski definition) is 2. The molecular formula is C10H22N2Y-2. The van der Waals surface area contributed by atoms with Crippen LogP contribution in [0.25, 0.3) is 0 Å². The van der Waals surface area contributed by atoms with Gasteiger partial charge in [0.05, 0.1) is 0 Å². The molecule has 4 N–H and O–H groups in total. The van der Waals surface area contributed by atoms with E-state index >= 15 is 0 Å². The van der Waals surface area contributed by atoms with Gasteiger partial charge in [0.1, 0.15) is 0 Å². The predicted octanol–water partition coefficient (Wildman–Crippen LogP) is 1.73. The maximum absolute atomic E-state index is 4.50. The molecule has 0 aliphatic heterocycles. The maximum atomic E-state index is 4.50. The topological polar surface area (TPSA) is 52.0 Å². The van der Waals surface area contributed by atoms with Gasteiger partial charge in [-0.2, -0.15) is 0 Å². The first kappa shape index (κ1) is 29.2. The number of nitrogens with two attached hydrogens (primary N) is 2. The van der Waals surface area contributed by atoms with Crippen LogP contribution in [-0.4, -0.2) is 14.1 Å².